The van der Waals surface area contributed by atoms with Crippen molar-refractivity contribution in [2.45, 2.75) is 26.4 Å². The van der Waals surface area contributed by atoms with Gasteiger partial charge >= 0.3 is 5.97 Å². The standard InChI is InChI=1S/C20H20N2O6/c1-12(2)17(22-18(24)14-7-3-4-8-15(14)19(22)25)20(26)28-11-16(23)21-10-13-6-5-9-27-13/h3-9,12,17H,10-11H2,1-2H3,(H,21,23). The van der Waals surface area contributed by atoms with Crippen LogP contribution in [0.25, 0.3) is 0 Å². The van der Waals surface area contributed by atoms with Crippen molar-refractivity contribution in [3.05, 3.63) is 59.5 Å². The van der Waals surface area contributed by atoms with Gasteiger partial charge in [-0.3, -0.25) is 19.3 Å². The molecule has 2 aromatic rings. The number of furan rings is 1. The lowest BCUT2D eigenvalue weighted by atomic mass is 10.0. The summed E-state index contributed by atoms with van der Waals surface area (Å²) in [5.74, 6) is -2.24. The maximum absolute atomic E-state index is 12.6. The Morgan fingerprint density at radius 1 is 1.07 bits per heavy atom. The molecule has 0 saturated carbocycles. The molecule has 1 atom stereocenters. The van der Waals surface area contributed by atoms with E-state index in [-0.39, 0.29) is 23.6 Å². The van der Waals surface area contributed by atoms with Crippen molar-refractivity contribution in [2.24, 2.45) is 5.92 Å². The third-order valence-corrected chi connectivity index (χ3v) is 4.36. The van der Waals surface area contributed by atoms with E-state index >= 15 is 0 Å². The topological polar surface area (TPSA) is 106 Å². The predicted octanol–water partition coefficient (Wildman–Crippen LogP) is 1.76. The molecule has 1 N–H and O–H groups in total. The Morgan fingerprint density at radius 2 is 1.71 bits per heavy atom. The van der Waals surface area contributed by atoms with Crippen LogP contribution in [0.2, 0.25) is 0 Å². The molecule has 0 radical (unpaired) electrons. The number of rotatable bonds is 7. The number of ether oxygens (including phenoxy) is 1. The summed E-state index contributed by atoms with van der Waals surface area (Å²) in [4.78, 5) is 50.7. The highest BCUT2D eigenvalue weighted by Gasteiger charge is 2.44. The van der Waals surface area contributed by atoms with E-state index in [0.717, 1.165) is 4.90 Å². The second-order valence-electron chi connectivity index (χ2n) is 6.68. The SMILES string of the molecule is CC(C)C(C(=O)OCC(=O)NCc1ccco1)N1C(=O)c2ccccc2C1=O. The number of hydrogen-bond acceptors (Lipinski definition) is 6. The Labute approximate surface area is 161 Å². The third-order valence-electron chi connectivity index (χ3n) is 4.36. The number of nitrogens with zero attached hydrogens (tertiary/aromatic N) is 1. The van der Waals surface area contributed by atoms with Gasteiger partial charge in [0.2, 0.25) is 0 Å². The number of nitrogens with one attached hydrogen (secondary N) is 1. The van der Waals surface area contributed by atoms with Crippen molar-refractivity contribution < 1.29 is 28.3 Å². The zero-order valence-corrected chi connectivity index (χ0v) is 15.5. The van der Waals surface area contributed by atoms with E-state index in [4.69, 9.17) is 9.15 Å². The van der Waals surface area contributed by atoms with Crippen molar-refractivity contribution >= 4 is 23.7 Å². The molecule has 1 aromatic heterocycles. The third kappa shape index (κ3) is 3.80. The summed E-state index contributed by atoms with van der Waals surface area (Å²) in [5.41, 5.74) is 0.504. The first kappa shape index (κ1) is 19.3. The largest absolute Gasteiger partial charge is 0.467 e. The quantitative estimate of drug-likeness (QED) is 0.576. The Hall–Kier alpha value is -3.42. The van der Waals surface area contributed by atoms with Crippen LogP contribution < -0.4 is 5.32 Å². The molecule has 0 bridgehead atoms. The normalized spacial score (nSPS) is 14.2. The molecular formula is C20H20N2O6. The minimum absolute atomic E-state index is 0.162. The zero-order chi connectivity index (χ0) is 20.3. The molecule has 8 heteroatoms. The van der Waals surface area contributed by atoms with Gasteiger partial charge in [0.15, 0.2) is 6.61 Å². The summed E-state index contributed by atoms with van der Waals surface area (Å²) in [7, 11) is 0. The molecule has 3 amide bonds. The summed E-state index contributed by atoms with van der Waals surface area (Å²) in [6.45, 7) is 3.04. The van der Waals surface area contributed by atoms with Crippen molar-refractivity contribution in [3.8, 4) is 0 Å². The van der Waals surface area contributed by atoms with Gasteiger partial charge in [0.25, 0.3) is 17.7 Å². The molecule has 1 aliphatic rings. The monoisotopic (exact) mass is 384 g/mol. The van der Waals surface area contributed by atoms with Gasteiger partial charge in [-0.15, -0.1) is 0 Å². The first-order valence-corrected chi connectivity index (χ1v) is 8.82. The first-order chi connectivity index (χ1) is 13.4. The molecule has 2 heterocycles. The fourth-order valence-electron chi connectivity index (χ4n) is 3.01. The van der Waals surface area contributed by atoms with Crippen molar-refractivity contribution in [1.82, 2.24) is 10.2 Å². The van der Waals surface area contributed by atoms with Crippen LogP contribution in [-0.4, -0.2) is 41.2 Å². The van der Waals surface area contributed by atoms with Gasteiger partial charge in [-0.2, -0.15) is 0 Å². The summed E-state index contributed by atoms with van der Waals surface area (Å²) in [6.07, 6.45) is 1.48. The van der Waals surface area contributed by atoms with E-state index in [1.165, 1.54) is 6.26 Å². The Balaban J connectivity index is 1.64. The maximum Gasteiger partial charge on any atom is 0.330 e. The molecule has 146 valence electrons. The molecule has 1 aromatic carbocycles. The van der Waals surface area contributed by atoms with Crippen LogP contribution in [-0.2, 0) is 20.9 Å². The van der Waals surface area contributed by atoms with Crippen molar-refractivity contribution in [1.29, 1.82) is 0 Å². The number of hydrogen-bond donors (Lipinski definition) is 1. The van der Waals surface area contributed by atoms with Crippen LogP contribution in [0.3, 0.4) is 0 Å². The molecule has 3 rings (SSSR count). The number of amides is 3. The minimum atomic E-state index is -1.12. The van der Waals surface area contributed by atoms with E-state index in [1.54, 1.807) is 50.2 Å². The molecule has 1 unspecified atom stereocenters. The molecule has 8 nitrogen and oxygen atoms in total. The average Bonchev–Trinajstić information content (AvgIpc) is 3.28. The molecule has 1 aliphatic heterocycles. The van der Waals surface area contributed by atoms with Gasteiger partial charge in [0.1, 0.15) is 11.8 Å². The minimum Gasteiger partial charge on any atom is -0.467 e. The highest BCUT2D eigenvalue weighted by Crippen LogP contribution is 2.27. The van der Waals surface area contributed by atoms with E-state index < -0.39 is 36.3 Å². The highest BCUT2D eigenvalue weighted by atomic mass is 16.5. The fourth-order valence-corrected chi connectivity index (χ4v) is 3.01. The number of fused-ring (bicyclic) bond motifs is 1. The molecule has 0 fully saturated rings. The Bertz CT molecular complexity index is 868. The van der Waals surface area contributed by atoms with Crippen LogP contribution in [0.15, 0.2) is 47.1 Å². The molecule has 0 aliphatic carbocycles. The lowest BCUT2D eigenvalue weighted by Crippen LogP contribution is -2.49. The van der Waals surface area contributed by atoms with Gasteiger partial charge < -0.3 is 14.5 Å². The van der Waals surface area contributed by atoms with Crippen LogP contribution in [0.4, 0.5) is 0 Å². The zero-order valence-electron chi connectivity index (χ0n) is 15.5. The predicted molar refractivity (Wildman–Crippen MR) is 97.1 cm³/mol. The molecule has 28 heavy (non-hydrogen) atoms. The van der Waals surface area contributed by atoms with E-state index in [2.05, 4.69) is 5.32 Å². The second-order valence-corrected chi connectivity index (χ2v) is 6.68. The molecule has 0 saturated heterocycles. The summed E-state index contributed by atoms with van der Waals surface area (Å²) >= 11 is 0. The summed E-state index contributed by atoms with van der Waals surface area (Å²) in [5, 5.41) is 2.55. The van der Waals surface area contributed by atoms with Crippen LogP contribution in [0.5, 0.6) is 0 Å². The fraction of sp³-hybridized carbons (Fsp3) is 0.300. The van der Waals surface area contributed by atoms with E-state index in [9.17, 15) is 19.2 Å². The smallest absolute Gasteiger partial charge is 0.330 e. The number of carbonyl (C=O) groups is 4. The number of imide groups is 1. The van der Waals surface area contributed by atoms with Crippen LogP contribution >= 0.6 is 0 Å². The summed E-state index contributed by atoms with van der Waals surface area (Å²) in [6, 6.07) is 8.66. The average molecular weight is 384 g/mol. The van der Waals surface area contributed by atoms with Gasteiger partial charge in [-0.1, -0.05) is 26.0 Å². The second kappa shape index (κ2) is 8.08. The highest BCUT2D eigenvalue weighted by molar-refractivity contribution is 6.22. The first-order valence-electron chi connectivity index (χ1n) is 8.82. The number of carbonyl (C=O) groups excluding carboxylic acids is 4. The lowest BCUT2D eigenvalue weighted by Gasteiger charge is -2.27. The van der Waals surface area contributed by atoms with Gasteiger partial charge in [-0.05, 0) is 30.2 Å². The molecular weight excluding hydrogens is 364 g/mol. The summed E-state index contributed by atoms with van der Waals surface area (Å²) < 4.78 is 10.2. The van der Waals surface area contributed by atoms with Crippen LogP contribution in [0, 0.1) is 5.92 Å². The maximum atomic E-state index is 12.6. The lowest BCUT2D eigenvalue weighted by molar-refractivity contribution is -0.153. The van der Waals surface area contributed by atoms with Crippen molar-refractivity contribution in [3.63, 3.8) is 0 Å². The van der Waals surface area contributed by atoms with Gasteiger partial charge in [0, 0.05) is 0 Å². The van der Waals surface area contributed by atoms with Crippen molar-refractivity contribution in [2.75, 3.05) is 6.61 Å². The number of esters is 1. The molecule has 0 spiro atoms. The van der Waals surface area contributed by atoms with Gasteiger partial charge in [-0.25, -0.2) is 4.79 Å². The van der Waals surface area contributed by atoms with E-state index in [1.807, 2.05) is 0 Å². The Morgan fingerprint density at radius 3 is 2.25 bits per heavy atom. The number of benzene rings is 1. The van der Waals surface area contributed by atoms with Gasteiger partial charge in [0.05, 0.1) is 23.9 Å². The van der Waals surface area contributed by atoms with E-state index in [0.29, 0.717) is 5.76 Å². The van der Waals surface area contributed by atoms with Crippen LogP contribution in [0.1, 0.15) is 40.3 Å². The Kier molecular flexibility index (Phi) is 5.58.